The molecule has 2 aromatic rings. The van der Waals surface area contributed by atoms with E-state index in [2.05, 4.69) is 9.97 Å². The number of H-pyrrole nitrogens is 1. The second-order valence-corrected chi connectivity index (χ2v) is 2.19. The van der Waals surface area contributed by atoms with Gasteiger partial charge in [0.05, 0.1) is 11.6 Å². The first-order valence-corrected chi connectivity index (χ1v) is 3.09. The van der Waals surface area contributed by atoms with Gasteiger partial charge in [-0.2, -0.15) is 0 Å². The molecule has 56 valence electrons. The first kappa shape index (κ1) is 6.15. The molecule has 0 amide bonds. The maximum absolute atomic E-state index is 12.6. The van der Waals surface area contributed by atoms with E-state index in [0.717, 1.165) is 6.20 Å². The standard InChI is InChI=1S/C7H5FN2O/c8-5-3-10-7-4(6(5)11)1-2-9-7/h1-3H,(H2,9,10,11). The molecule has 0 saturated heterocycles. The van der Waals surface area contributed by atoms with Crippen LogP contribution in [0.1, 0.15) is 0 Å². The maximum atomic E-state index is 12.6. The molecule has 2 rings (SSSR count). The molecule has 3 nitrogen and oxygen atoms in total. The molecular formula is C7H5FN2O. The van der Waals surface area contributed by atoms with Gasteiger partial charge in [-0.25, -0.2) is 9.37 Å². The Hall–Kier alpha value is -1.58. The third-order valence-corrected chi connectivity index (χ3v) is 1.51. The lowest BCUT2D eigenvalue weighted by Gasteiger charge is -1.94. The Balaban J connectivity index is 2.93. The number of nitrogens with zero attached hydrogens (tertiary/aromatic N) is 1. The molecule has 0 aliphatic carbocycles. The number of hydrogen-bond donors (Lipinski definition) is 2. The van der Waals surface area contributed by atoms with Crippen molar-refractivity contribution in [1.82, 2.24) is 9.97 Å². The predicted octanol–water partition coefficient (Wildman–Crippen LogP) is 1.41. The third kappa shape index (κ3) is 0.756. The zero-order chi connectivity index (χ0) is 7.84. The summed E-state index contributed by atoms with van der Waals surface area (Å²) >= 11 is 0. The molecule has 0 aliphatic rings. The van der Waals surface area contributed by atoms with Gasteiger partial charge >= 0.3 is 0 Å². The largest absolute Gasteiger partial charge is 0.504 e. The predicted molar refractivity (Wildman–Crippen MR) is 37.7 cm³/mol. The van der Waals surface area contributed by atoms with E-state index < -0.39 is 5.82 Å². The van der Waals surface area contributed by atoms with E-state index in [4.69, 9.17) is 5.11 Å². The van der Waals surface area contributed by atoms with Crippen molar-refractivity contribution in [3.8, 4) is 5.75 Å². The van der Waals surface area contributed by atoms with Gasteiger partial charge in [0.2, 0.25) is 0 Å². The summed E-state index contributed by atoms with van der Waals surface area (Å²) in [6.45, 7) is 0. The van der Waals surface area contributed by atoms with Crippen LogP contribution in [-0.2, 0) is 0 Å². The summed E-state index contributed by atoms with van der Waals surface area (Å²) in [6, 6.07) is 1.57. The van der Waals surface area contributed by atoms with E-state index in [9.17, 15) is 4.39 Å². The van der Waals surface area contributed by atoms with E-state index in [1.54, 1.807) is 12.3 Å². The molecule has 11 heavy (non-hydrogen) atoms. The fourth-order valence-electron chi connectivity index (χ4n) is 0.970. The van der Waals surface area contributed by atoms with Crippen LogP contribution in [0.2, 0.25) is 0 Å². The highest BCUT2D eigenvalue weighted by atomic mass is 19.1. The molecule has 0 radical (unpaired) electrons. The van der Waals surface area contributed by atoms with Gasteiger partial charge in [-0.3, -0.25) is 0 Å². The van der Waals surface area contributed by atoms with Gasteiger partial charge in [-0.1, -0.05) is 0 Å². The normalized spacial score (nSPS) is 10.6. The van der Waals surface area contributed by atoms with Gasteiger partial charge in [-0.05, 0) is 6.07 Å². The Morgan fingerprint density at radius 2 is 2.36 bits per heavy atom. The highest BCUT2D eigenvalue weighted by Crippen LogP contribution is 2.24. The van der Waals surface area contributed by atoms with Gasteiger partial charge in [0.1, 0.15) is 5.65 Å². The fourth-order valence-corrected chi connectivity index (χ4v) is 0.970. The van der Waals surface area contributed by atoms with E-state index in [0.29, 0.717) is 11.0 Å². The van der Waals surface area contributed by atoms with Gasteiger partial charge in [0.15, 0.2) is 11.6 Å². The molecule has 0 atom stereocenters. The number of hydrogen-bond acceptors (Lipinski definition) is 2. The van der Waals surface area contributed by atoms with Crippen LogP contribution in [0.15, 0.2) is 18.5 Å². The van der Waals surface area contributed by atoms with Crippen LogP contribution >= 0.6 is 0 Å². The highest BCUT2D eigenvalue weighted by Gasteiger charge is 2.06. The third-order valence-electron chi connectivity index (χ3n) is 1.51. The van der Waals surface area contributed by atoms with Crippen molar-refractivity contribution in [2.75, 3.05) is 0 Å². The summed E-state index contributed by atoms with van der Waals surface area (Å²) in [5.41, 5.74) is 0.490. The molecule has 0 fully saturated rings. The monoisotopic (exact) mass is 152 g/mol. The van der Waals surface area contributed by atoms with Crippen LogP contribution in [0.5, 0.6) is 5.75 Å². The van der Waals surface area contributed by atoms with Crippen LogP contribution in [0.25, 0.3) is 11.0 Å². The lowest BCUT2D eigenvalue weighted by Crippen LogP contribution is -1.80. The topological polar surface area (TPSA) is 48.9 Å². The van der Waals surface area contributed by atoms with Crippen molar-refractivity contribution in [2.24, 2.45) is 0 Å². The average molecular weight is 152 g/mol. The minimum Gasteiger partial charge on any atom is -0.504 e. The highest BCUT2D eigenvalue weighted by molar-refractivity contribution is 5.81. The summed E-state index contributed by atoms with van der Waals surface area (Å²) in [7, 11) is 0. The van der Waals surface area contributed by atoms with Crippen LogP contribution < -0.4 is 0 Å². The Kier molecular flexibility index (Phi) is 1.09. The van der Waals surface area contributed by atoms with Crippen LogP contribution in [0.4, 0.5) is 4.39 Å². The van der Waals surface area contributed by atoms with Crippen LogP contribution in [0, 0.1) is 5.82 Å². The molecule has 0 saturated carbocycles. The molecule has 0 aliphatic heterocycles. The number of fused-ring (bicyclic) bond motifs is 1. The summed E-state index contributed by atoms with van der Waals surface area (Å²) in [5, 5.41) is 9.52. The maximum Gasteiger partial charge on any atom is 0.183 e. The molecule has 2 heterocycles. The smallest absolute Gasteiger partial charge is 0.183 e. The summed E-state index contributed by atoms with van der Waals surface area (Å²) in [6.07, 6.45) is 2.57. The Labute approximate surface area is 61.5 Å². The van der Waals surface area contributed by atoms with Gasteiger partial charge in [0, 0.05) is 6.20 Å². The zero-order valence-electron chi connectivity index (χ0n) is 5.50. The number of halogens is 1. The number of rotatable bonds is 0. The first-order valence-electron chi connectivity index (χ1n) is 3.09. The lowest BCUT2D eigenvalue weighted by atomic mass is 10.3. The van der Waals surface area contributed by atoms with E-state index in [-0.39, 0.29) is 5.75 Å². The van der Waals surface area contributed by atoms with Crippen molar-refractivity contribution in [3.63, 3.8) is 0 Å². The summed E-state index contributed by atoms with van der Waals surface area (Å²) < 4.78 is 12.6. The van der Waals surface area contributed by atoms with Gasteiger partial charge in [-0.15, -0.1) is 0 Å². The number of aromatic amines is 1. The quantitative estimate of drug-likeness (QED) is 0.599. The molecule has 2 N–H and O–H groups in total. The van der Waals surface area contributed by atoms with Crippen molar-refractivity contribution < 1.29 is 9.50 Å². The average Bonchev–Trinajstić information content (AvgIpc) is 2.45. The van der Waals surface area contributed by atoms with Gasteiger partial charge < -0.3 is 10.1 Å². The Bertz CT molecular complexity index is 396. The number of aromatic hydroxyl groups is 1. The Morgan fingerprint density at radius 3 is 3.18 bits per heavy atom. The summed E-state index contributed by atoms with van der Waals surface area (Å²) in [4.78, 5) is 6.46. The van der Waals surface area contributed by atoms with Gasteiger partial charge in [0.25, 0.3) is 0 Å². The zero-order valence-corrected chi connectivity index (χ0v) is 5.50. The molecule has 0 unspecified atom stereocenters. The summed E-state index contributed by atoms with van der Waals surface area (Å²) in [5.74, 6) is -1.05. The van der Waals surface area contributed by atoms with E-state index >= 15 is 0 Å². The van der Waals surface area contributed by atoms with E-state index in [1.807, 2.05) is 0 Å². The fraction of sp³-hybridized carbons (Fsp3) is 0. The number of pyridine rings is 1. The lowest BCUT2D eigenvalue weighted by molar-refractivity contribution is 0.437. The van der Waals surface area contributed by atoms with Crippen molar-refractivity contribution in [3.05, 3.63) is 24.3 Å². The molecule has 0 aromatic carbocycles. The molecule has 0 bridgehead atoms. The van der Waals surface area contributed by atoms with Crippen LogP contribution in [0.3, 0.4) is 0 Å². The molecular weight excluding hydrogens is 147 g/mol. The minimum absolute atomic E-state index is 0.351. The van der Waals surface area contributed by atoms with E-state index in [1.165, 1.54) is 0 Å². The second-order valence-electron chi connectivity index (χ2n) is 2.19. The Morgan fingerprint density at radius 1 is 1.55 bits per heavy atom. The van der Waals surface area contributed by atoms with Crippen molar-refractivity contribution >= 4 is 11.0 Å². The first-order chi connectivity index (χ1) is 5.29. The van der Waals surface area contributed by atoms with Crippen molar-refractivity contribution in [1.29, 1.82) is 0 Å². The number of nitrogens with one attached hydrogen (secondary N) is 1. The number of aromatic nitrogens is 2. The minimum atomic E-state index is -0.697. The molecule has 2 aromatic heterocycles. The second kappa shape index (κ2) is 1.95. The van der Waals surface area contributed by atoms with Crippen LogP contribution in [-0.4, -0.2) is 15.1 Å². The SMILES string of the molecule is Oc1c(F)cnc2[nH]ccc12. The molecule has 0 spiro atoms. The van der Waals surface area contributed by atoms with Crippen molar-refractivity contribution in [2.45, 2.75) is 0 Å². The molecule has 4 heteroatoms.